The van der Waals surface area contributed by atoms with E-state index in [9.17, 15) is 5.11 Å². The maximum absolute atomic E-state index is 10.6. The van der Waals surface area contributed by atoms with Gasteiger partial charge in [-0.2, -0.15) is 4.98 Å². The third kappa shape index (κ3) is 4.66. The average Bonchev–Trinajstić information content (AvgIpc) is 3.28. The lowest BCUT2D eigenvalue weighted by atomic mass is 10.1. The molecule has 0 spiro atoms. The van der Waals surface area contributed by atoms with E-state index in [4.69, 9.17) is 26.6 Å². The SMILES string of the molecule is Cc1nc(N2CCNCC2)nc2nc(C3=C(NC[C@@H](O)c4cccc(Cl)c4)C=CNC3)[nH]c12. The van der Waals surface area contributed by atoms with Crippen molar-refractivity contribution in [3.05, 3.63) is 64.3 Å². The molecule has 1 atom stereocenters. The molecule has 5 rings (SSSR count). The fraction of sp³-hybridized carbons (Fsp3) is 0.348. The Morgan fingerprint density at radius 1 is 1.21 bits per heavy atom. The van der Waals surface area contributed by atoms with Crippen molar-refractivity contribution in [1.29, 1.82) is 0 Å². The number of hydrogen-bond donors (Lipinski definition) is 5. The number of rotatable bonds is 6. The number of hydrogen-bond acceptors (Lipinski definition) is 8. The van der Waals surface area contributed by atoms with Gasteiger partial charge in [0.1, 0.15) is 11.3 Å². The van der Waals surface area contributed by atoms with E-state index in [0.717, 1.165) is 66.0 Å². The van der Waals surface area contributed by atoms with Gasteiger partial charge in [-0.1, -0.05) is 23.7 Å². The van der Waals surface area contributed by atoms with Gasteiger partial charge in [0.05, 0.1) is 11.8 Å². The number of nitrogens with one attached hydrogen (secondary N) is 4. The molecule has 9 nitrogen and oxygen atoms in total. The minimum Gasteiger partial charge on any atom is -0.387 e. The highest BCUT2D eigenvalue weighted by molar-refractivity contribution is 6.30. The molecule has 0 amide bonds. The first-order chi connectivity index (χ1) is 16.1. The van der Waals surface area contributed by atoms with Gasteiger partial charge in [-0.15, -0.1) is 0 Å². The zero-order valence-corrected chi connectivity index (χ0v) is 19.2. The molecular formula is C23H27ClN8O. The van der Waals surface area contributed by atoms with E-state index in [1.54, 1.807) is 12.1 Å². The van der Waals surface area contributed by atoms with Gasteiger partial charge in [0, 0.05) is 55.6 Å². The fourth-order valence-corrected chi connectivity index (χ4v) is 4.29. The van der Waals surface area contributed by atoms with Crippen molar-refractivity contribution >= 4 is 34.3 Å². The van der Waals surface area contributed by atoms with Crippen LogP contribution < -0.4 is 20.9 Å². The van der Waals surface area contributed by atoms with Gasteiger partial charge < -0.3 is 30.9 Å². The van der Waals surface area contributed by atoms with Gasteiger partial charge in [0.2, 0.25) is 5.95 Å². The summed E-state index contributed by atoms with van der Waals surface area (Å²) in [4.78, 5) is 19.8. The van der Waals surface area contributed by atoms with Crippen LogP contribution in [0.5, 0.6) is 0 Å². The standard InChI is InChI=1S/C23H27ClN8O/c1-14-20-22(31-23(28-14)32-9-7-25-8-10-32)30-21(29-20)17-12-26-6-5-18(17)27-13-19(33)15-3-2-4-16(24)11-15/h2-6,11,19,25-27,33H,7-10,12-13H2,1H3,(H,28,29,30,31)/t19-/m1/s1. The first kappa shape index (κ1) is 21.7. The molecule has 10 heteroatoms. The number of halogens is 1. The Bertz CT molecular complexity index is 1210. The number of dihydropyridines is 1. The lowest BCUT2D eigenvalue weighted by molar-refractivity contribution is 0.178. The molecule has 2 aromatic heterocycles. The van der Waals surface area contributed by atoms with Crippen molar-refractivity contribution in [3.63, 3.8) is 0 Å². The summed E-state index contributed by atoms with van der Waals surface area (Å²) in [5, 5.41) is 21.2. The summed E-state index contributed by atoms with van der Waals surface area (Å²) in [7, 11) is 0. The van der Waals surface area contributed by atoms with E-state index in [0.29, 0.717) is 23.8 Å². The number of fused-ring (bicyclic) bond motifs is 1. The van der Waals surface area contributed by atoms with Crippen molar-refractivity contribution in [3.8, 4) is 0 Å². The second kappa shape index (κ2) is 9.38. The Hall–Kier alpha value is -3.14. The van der Waals surface area contributed by atoms with Crippen LogP contribution in [0.4, 0.5) is 5.95 Å². The summed E-state index contributed by atoms with van der Waals surface area (Å²) in [6.07, 6.45) is 3.14. The summed E-state index contributed by atoms with van der Waals surface area (Å²) >= 11 is 6.06. The molecule has 0 radical (unpaired) electrons. The number of aromatic amines is 1. The molecule has 0 aliphatic carbocycles. The third-order valence-corrected chi connectivity index (χ3v) is 6.13. The van der Waals surface area contributed by atoms with Crippen LogP contribution >= 0.6 is 11.6 Å². The summed E-state index contributed by atoms with van der Waals surface area (Å²) in [6.45, 7) is 6.53. The number of piperazine rings is 1. The molecule has 0 unspecified atom stereocenters. The molecule has 4 heterocycles. The Morgan fingerprint density at radius 2 is 2.06 bits per heavy atom. The van der Waals surface area contributed by atoms with E-state index in [-0.39, 0.29) is 0 Å². The number of anilines is 1. The summed E-state index contributed by atoms with van der Waals surface area (Å²) in [5.74, 6) is 1.45. The molecule has 172 valence electrons. The van der Waals surface area contributed by atoms with Crippen LogP contribution in [-0.2, 0) is 0 Å². The Balaban J connectivity index is 1.41. The van der Waals surface area contributed by atoms with Crippen LogP contribution in [0.25, 0.3) is 16.7 Å². The molecular weight excluding hydrogens is 440 g/mol. The number of aliphatic hydroxyl groups excluding tert-OH is 1. The van der Waals surface area contributed by atoms with Gasteiger partial charge in [0.15, 0.2) is 5.65 Å². The first-order valence-electron chi connectivity index (χ1n) is 11.1. The fourth-order valence-electron chi connectivity index (χ4n) is 4.09. The molecule has 5 N–H and O–H groups in total. The first-order valence-corrected chi connectivity index (χ1v) is 11.5. The van der Waals surface area contributed by atoms with E-state index < -0.39 is 6.10 Å². The topological polar surface area (TPSA) is 114 Å². The van der Waals surface area contributed by atoms with Crippen LogP contribution in [0.1, 0.15) is 23.2 Å². The van der Waals surface area contributed by atoms with Gasteiger partial charge in [0.25, 0.3) is 0 Å². The van der Waals surface area contributed by atoms with Crippen molar-refractivity contribution in [2.45, 2.75) is 13.0 Å². The van der Waals surface area contributed by atoms with Crippen LogP contribution in [0.2, 0.25) is 5.02 Å². The number of H-pyrrole nitrogens is 1. The van der Waals surface area contributed by atoms with E-state index >= 15 is 0 Å². The lowest BCUT2D eigenvalue weighted by Crippen LogP contribution is -2.44. The molecule has 3 aromatic rings. The van der Waals surface area contributed by atoms with Crippen LogP contribution in [0, 0.1) is 6.92 Å². The Kier molecular flexibility index (Phi) is 6.17. The van der Waals surface area contributed by atoms with Crippen molar-refractivity contribution < 1.29 is 5.11 Å². The maximum atomic E-state index is 10.6. The minimum atomic E-state index is -0.689. The summed E-state index contributed by atoms with van der Waals surface area (Å²) in [5.41, 5.74) is 5.00. The van der Waals surface area contributed by atoms with E-state index in [1.807, 2.05) is 31.3 Å². The van der Waals surface area contributed by atoms with Crippen LogP contribution in [0.3, 0.4) is 0 Å². The molecule has 0 saturated carbocycles. The van der Waals surface area contributed by atoms with Crippen LogP contribution in [0.15, 0.2) is 42.2 Å². The number of allylic oxidation sites excluding steroid dienone is 1. The smallest absolute Gasteiger partial charge is 0.227 e. The molecule has 1 fully saturated rings. The molecule has 2 aliphatic heterocycles. The molecule has 2 aliphatic rings. The number of imidazole rings is 1. The van der Waals surface area contributed by atoms with Crippen molar-refractivity contribution in [1.82, 2.24) is 35.9 Å². The highest BCUT2D eigenvalue weighted by atomic mass is 35.5. The molecule has 33 heavy (non-hydrogen) atoms. The van der Waals surface area contributed by atoms with Gasteiger partial charge in [-0.05, 0) is 36.9 Å². The van der Waals surface area contributed by atoms with Gasteiger partial charge in [-0.3, -0.25) is 0 Å². The third-order valence-electron chi connectivity index (χ3n) is 5.90. The van der Waals surface area contributed by atoms with Crippen molar-refractivity contribution in [2.75, 3.05) is 44.2 Å². The predicted molar refractivity (Wildman–Crippen MR) is 130 cm³/mol. The summed E-state index contributed by atoms with van der Waals surface area (Å²) in [6, 6.07) is 7.27. The highest BCUT2D eigenvalue weighted by Crippen LogP contribution is 2.24. The number of aryl methyl sites for hydroxylation is 1. The van der Waals surface area contributed by atoms with Crippen LogP contribution in [-0.4, -0.2) is 64.3 Å². The average molecular weight is 467 g/mol. The number of benzene rings is 1. The monoisotopic (exact) mass is 466 g/mol. The lowest BCUT2D eigenvalue weighted by Gasteiger charge is -2.27. The minimum absolute atomic E-state index is 0.343. The Morgan fingerprint density at radius 3 is 2.88 bits per heavy atom. The number of nitrogens with zero attached hydrogens (tertiary/aromatic N) is 4. The molecule has 1 saturated heterocycles. The highest BCUT2D eigenvalue weighted by Gasteiger charge is 2.20. The largest absolute Gasteiger partial charge is 0.387 e. The number of aromatic nitrogens is 4. The maximum Gasteiger partial charge on any atom is 0.227 e. The van der Waals surface area contributed by atoms with Crippen molar-refractivity contribution in [2.24, 2.45) is 0 Å². The predicted octanol–water partition coefficient (Wildman–Crippen LogP) is 1.88. The summed E-state index contributed by atoms with van der Waals surface area (Å²) < 4.78 is 0. The molecule has 0 bridgehead atoms. The normalized spacial score (nSPS) is 17.4. The second-order valence-electron chi connectivity index (χ2n) is 8.19. The van der Waals surface area contributed by atoms with Gasteiger partial charge >= 0.3 is 0 Å². The number of aliphatic hydroxyl groups is 1. The Labute approximate surface area is 197 Å². The molecule has 1 aromatic carbocycles. The quantitative estimate of drug-likeness (QED) is 0.374. The second-order valence-corrected chi connectivity index (χ2v) is 8.62. The zero-order valence-electron chi connectivity index (χ0n) is 18.4. The van der Waals surface area contributed by atoms with E-state index in [1.165, 1.54) is 0 Å². The van der Waals surface area contributed by atoms with E-state index in [2.05, 4.69) is 25.8 Å². The van der Waals surface area contributed by atoms with Gasteiger partial charge in [-0.25, -0.2) is 9.97 Å². The zero-order chi connectivity index (χ0) is 22.8.